The normalized spacial score (nSPS) is 10.6. The largest absolute Gasteiger partial charge is 0.494 e. The lowest BCUT2D eigenvalue weighted by atomic mass is 10.1. The zero-order valence-electron chi connectivity index (χ0n) is 16.4. The molecule has 1 heterocycles. The van der Waals surface area contributed by atoms with Gasteiger partial charge in [0.25, 0.3) is 5.91 Å². The molecular weight excluding hydrogens is 352 g/mol. The van der Waals surface area contributed by atoms with Gasteiger partial charge in [0.05, 0.1) is 18.9 Å². The van der Waals surface area contributed by atoms with Gasteiger partial charge in [-0.1, -0.05) is 20.3 Å². The number of carbonyl (C=O) groups excluding carboxylic acids is 1. The molecule has 1 aromatic heterocycles. The number of nitrogens with one attached hydrogen (secondary N) is 1. The topological polar surface area (TPSA) is 60.5 Å². The minimum absolute atomic E-state index is 0.174. The van der Waals surface area contributed by atoms with Crippen molar-refractivity contribution in [3.8, 4) is 11.5 Å². The molecule has 0 spiro atoms. The Balaban J connectivity index is 1.76. The van der Waals surface area contributed by atoms with Gasteiger partial charge >= 0.3 is 0 Å². The van der Waals surface area contributed by atoms with E-state index in [1.54, 1.807) is 18.3 Å². The second-order valence-electron chi connectivity index (χ2n) is 6.54. The zero-order chi connectivity index (χ0) is 19.8. The summed E-state index contributed by atoms with van der Waals surface area (Å²) in [5, 5.41) is 3.83. The van der Waals surface area contributed by atoms with Gasteiger partial charge in [0.1, 0.15) is 17.0 Å². The molecule has 0 unspecified atom stereocenters. The molecule has 5 heteroatoms. The minimum atomic E-state index is -0.174. The van der Waals surface area contributed by atoms with Crippen molar-refractivity contribution in [3.05, 3.63) is 60.3 Å². The standard InChI is InChI=1S/C23H26N2O3/c1-3-5-16-27-18-10-8-17(9-11-18)23(26)25-20-12-13-21(28-15-4-2)22-19(20)7-6-14-24-22/h6-14H,3-5,15-16H2,1-2H3,(H,25,26). The van der Waals surface area contributed by atoms with E-state index < -0.39 is 0 Å². The predicted octanol–water partition coefficient (Wildman–Crippen LogP) is 5.45. The molecule has 3 rings (SSSR count). The van der Waals surface area contributed by atoms with Crippen LogP contribution in [0.25, 0.3) is 10.9 Å². The van der Waals surface area contributed by atoms with Crippen molar-refractivity contribution < 1.29 is 14.3 Å². The van der Waals surface area contributed by atoms with Crippen LogP contribution in [0.1, 0.15) is 43.5 Å². The molecule has 0 aliphatic carbocycles. The van der Waals surface area contributed by atoms with Crippen LogP contribution in [0.4, 0.5) is 5.69 Å². The second kappa shape index (κ2) is 9.74. The summed E-state index contributed by atoms with van der Waals surface area (Å²) in [6.07, 6.45) is 4.75. The highest BCUT2D eigenvalue weighted by Gasteiger charge is 2.12. The lowest BCUT2D eigenvalue weighted by Gasteiger charge is -2.12. The molecule has 0 fully saturated rings. The van der Waals surface area contributed by atoms with E-state index in [2.05, 4.69) is 24.1 Å². The summed E-state index contributed by atoms with van der Waals surface area (Å²) in [7, 11) is 0. The van der Waals surface area contributed by atoms with Crippen LogP contribution < -0.4 is 14.8 Å². The zero-order valence-corrected chi connectivity index (χ0v) is 16.4. The van der Waals surface area contributed by atoms with E-state index in [4.69, 9.17) is 9.47 Å². The molecule has 0 radical (unpaired) electrons. The molecular formula is C23H26N2O3. The van der Waals surface area contributed by atoms with Crippen LogP contribution in [0.2, 0.25) is 0 Å². The van der Waals surface area contributed by atoms with Crippen LogP contribution in [0.5, 0.6) is 11.5 Å². The fourth-order valence-electron chi connectivity index (χ4n) is 2.82. The predicted molar refractivity (Wildman–Crippen MR) is 112 cm³/mol. The minimum Gasteiger partial charge on any atom is -0.494 e. The average molecular weight is 378 g/mol. The molecule has 0 aliphatic rings. The van der Waals surface area contributed by atoms with Gasteiger partial charge in [-0.05, 0) is 61.4 Å². The van der Waals surface area contributed by atoms with E-state index in [1.165, 1.54) is 0 Å². The summed E-state index contributed by atoms with van der Waals surface area (Å²) in [6.45, 7) is 5.50. The Hall–Kier alpha value is -3.08. The molecule has 0 aliphatic heterocycles. The van der Waals surface area contributed by atoms with Gasteiger partial charge in [-0.25, -0.2) is 0 Å². The number of rotatable bonds is 9. The van der Waals surface area contributed by atoms with E-state index in [0.29, 0.717) is 24.5 Å². The van der Waals surface area contributed by atoms with Crippen LogP contribution in [0.15, 0.2) is 54.7 Å². The summed E-state index contributed by atoms with van der Waals surface area (Å²) in [5.74, 6) is 1.33. The molecule has 5 nitrogen and oxygen atoms in total. The molecule has 3 aromatic rings. The summed E-state index contributed by atoms with van der Waals surface area (Å²) in [4.78, 5) is 17.1. The number of hydrogen-bond acceptors (Lipinski definition) is 4. The SMILES string of the molecule is CCCCOc1ccc(C(=O)Nc2ccc(OCCC)c3ncccc23)cc1. The average Bonchev–Trinajstić information content (AvgIpc) is 2.74. The molecule has 1 N–H and O–H groups in total. The van der Waals surface area contributed by atoms with Crippen LogP contribution in [-0.4, -0.2) is 24.1 Å². The fraction of sp³-hybridized carbons (Fsp3) is 0.304. The summed E-state index contributed by atoms with van der Waals surface area (Å²) >= 11 is 0. The van der Waals surface area contributed by atoms with Gasteiger partial charge in [0.15, 0.2) is 0 Å². The third kappa shape index (κ3) is 4.80. The number of amides is 1. The maximum Gasteiger partial charge on any atom is 0.255 e. The van der Waals surface area contributed by atoms with Gasteiger partial charge in [0.2, 0.25) is 0 Å². The number of carbonyl (C=O) groups is 1. The number of hydrogen-bond donors (Lipinski definition) is 1. The van der Waals surface area contributed by atoms with Crippen LogP contribution >= 0.6 is 0 Å². The van der Waals surface area contributed by atoms with Gasteiger partial charge in [-0.3, -0.25) is 9.78 Å². The first-order valence-electron chi connectivity index (χ1n) is 9.77. The summed E-state index contributed by atoms with van der Waals surface area (Å²) < 4.78 is 11.4. The third-order valence-electron chi connectivity index (χ3n) is 4.33. The molecule has 2 aromatic carbocycles. The number of fused-ring (bicyclic) bond motifs is 1. The Bertz CT molecular complexity index is 923. The number of unbranched alkanes of at least 4 members (excludes halogenated alkanes) is 1. The first-order valence-corrected chi connectivity index (χ1v) is 9.77. The van der Waals surface area contributed by atoms with Crippen molar-refractivity contribution >= 4 is 22.5 Å². The molecule has 28 heavy (non-hydrogen) atoms. The lowest BCUT2D eigenvalue weighted by molar-refractivity contribution is 0.102. The van der Waals surface area contributed by atoms with Gasteiger partial charge < -0.3 is 14.8 Å². The Labute approximate surface area is 165 Å². The van der Waals surface area contributed by atoms with Crippen molar-refractivity contribution in [3.63, 3.8) is 0 Å². The van der Waals surface area contributed by atoms with E-state index in [1.807, 2.05) is 36.4 Å². The van der Waals surface area contributed by atoms with E-state index >= 15 is 0 Å². The quantitative estimate of drug-likeness (QED) is 0.503. The van der Waals surface area contributed by atoms with Crippen molar-refractivity contribution in [1.82, 2.24) is 4.98 Å². The van der Waals surface area contributed by atoms with Crippen molar-refractivity contribution in [1.29, 1.82) is 0 Å². The number of anilines is 1. The molecule has 1 amide bonds. The number of benzene rings is 2. The van der Waals surface area contributed by atoms with E-state index in [9.17, 15) is 4.79 Å². The van der Waals surface area contributed by atoms with E-state index in [0.717, 1.165) is 41.7 Å². The highest BCUT2D eigenvalue weighted by atomic mass is 16.5. The Kier molecular flexibility index (Phi) is 6.84. The fourth-order valence-corrected chi connectivity index (χ4v) is 2.82. The Morgan fingerprint density at radius 2 is 1.79 bits per heavy atom. The molecule has 0 saturated heterocycles. The monoisotopic (exact) mass is 378 g/mol. The highest BCUT2D eigenvalue weighted by Crippen LogP contribution is 2.30. The summed E-state index contributed by atoms with van der Waals surface area (Å²) in [5.41, 5.74) is 2.03. The number of nitrogens with zero attached hydrogens (tertiary/aromatic N) is 1. The second-order valence-corrected chi connectivity index (χ2v) is 6.54. The van der Waals surface area contributed by atoms with Crippen LogP contribution in [0.3, 0.4) is 0 Å². The maximum absolute atomic E-state index is 12.7. The Morgan fingerprint density at radius 1 is 0.964 bits per heavy atom. The molecule has 146 valence electrons. The van der Waals surface area contributed by atoms with Gasteiger partial charge in [0, 0.05) is 17.1 Å². The van der Waals surface area contributed by atoms with E-state index in [-0.39, 0.29) is 5.91 Å². The van der Waals surface area contributed by atoms with Crippen LogP contribution in [-0.2, 0) is 0 Å². The van der Waals surface area contributed by atoms with Crippen LogP contribution in [0, 0.1) is 0 Å². The van der Waals surface area contributed by atoms with Gasteiger partial charge in [-0.2, -0.15) is 0 Å². The van der Waals surface area contributed by atoms with Crippen molar-refractivity contribution in [2.75, 3.05) is 18.5 Å². The van der Waals surface area contributed by atoms with Crippen molar-refractivity contribution in [2.45, 2.75) is 33.1 Å². The highest BCUT2D eigenvalue weighted by molar-refractivity contribution is 6.09. The molecule has 0 bridgehead atoms. The Morgan fingerprint density at radius 3 is 2.54 bits per heavy atom. The number of pyridine rings is 1. The van der Waals surface area contributed by atoms with Gasteiger partial charge in [-0.15, -0.1) is 0 Å². The molecule has 0 atom stereocenters. The third-order valence-corrected chi connectivity index (χ3v) is 4.33. The maximum atomic E-state index is 12.7. The smallest absolute Gasteiger partial charge is 0.255 e. The number of ether oxygens (including phenoxy) is 2. The lowest BCUT2D eigenvalue weighted by Crippen LogP contribution is -2.12. The van der Waals surface area contributed by atoms with Crippen molar-refractivity contribution in [2.24, 2.45) is 0 Å². The molecule has 0 saturated carbocycles. The number of aromatic nitrogens is 1. The first kappa shape index (κ1) is 19.7. The first-order chi connectivity index (χ1) is 13.7. The summed E-state index contributed by atoms with van der Waals surface area (Å²) in [6, 6.07) is 14.7.